The van der Waals surface area contributed by atoms with Gasteiger partial charge in [-0.05, 0) is 36.4 Å². The fraction of sp³-hybridized carbons (Fsp3) is 0.455. The van der Waals surface area contributed by atoms with Crippen LogP contribution in [0.15, 0.2) is 47.1 Å². The van der Waals surface area contributed by atoms with Crippen LogP contribution in [-0.4, -0.2) is 73.2 Å². The van der Waals surface area contributed by atoms with Gasteiger partial charge >= 0.3 is 0 Å². The summed E-state index contributed by atoms with van der Waals surface area (Å²) >= 11 is 1.94. The average molecular weight is 446 g/mol. The minimum absolute atomic E-state index is 0.000155. The van der Waals surface area contributed by atoms with Crippen LogP contribution in [0, 0.1) is 0 Å². The number of morpholine rings is 1. The van der Waals surface area contributed by atoms with Gasteiger partial charge in [0.25, 0.3) is 11.8 Å². The number of hydrogen-bond acceptors (Lipinski definition) is 7. The quantitative estimate of drug-likeness (QED) is 0.644. The van der Waals surface area contributed by atoms with Crippen molar-refractivity contribution in [3.63, 3.8) is 0 Å². The highest BCUT2D eigenvalue weighted by atomic mass is 32.2. The van der Waals surface area contributed by atoms with E-state index < -0.39 is 0 Å². The maximum atomic E-state index is 12.4. The lowest BCUT2D eigenvalue weighted by Gasteiger charge is -2.43. The molecule has 31 heavy (non-hydrogen) atoms. The van der Waals surface area contributed by atoms with Crippen molar-refractivity contribution >= 4 is 29.3 Å². The summed E-state index contributed by atoms with van der Waals surface area (Å²) in [4.78, 5) is 27.0. The molecule has 0 spiro atoms. The molecule has 2 aliphatic rings. The number of carbonyl (C=O) groups is 2. The SMILES string of the molecule is O=C(COc1cccc(NC(=O)c2ccco2)c1)NC[C@]1(N2CCOCC2)CCSC1. The van der Waals surface area contributed by atoms with Crippen molar-refractivity contribution in [3.05, 3.63) is 48.4 Å². The number of amides is 2. The van der Waals surface area contributed by atoms with Crippen LogP contribution in [0.1, 0.15) is 17.0 Å². The lowest BCUT2D eigenvalue weighted by molar-refractivity contribution is -0.124. The first kappa shape index (κ1) is 21.7. The first-order valence-corrected chi connectivity index (χ1v) is 11.6. The van der Waals surface area contributed by atoms with Gasteiger partial charge in [0.2, 0.25) is 0 Å². The smallest absolute Gasteiger partial charge is 0.291 e. The molecule has 0 radical (unpaired) electrons. The number of benzene rings is 1. The van der Waals surface area contributed by atoms with E-state index in [4.69, 9.17) is 13.9 Å². The molecule has 0 bridgehead atoms. The van der Waals surface area contributed by atoms with Crippen molar-refractivity contribution in [2.75, 3.05) is 56.3 Å². The Kier molecular flexibility index (Phi) is 7.16. The molecule has 2 N–H and O–H groups in total. The summed E-state index contributed by atoms with van der Waals surface area (Å²) in [5.74, 6) is 2.36. The van der Waals surface area contributed by atoms with E-state index in [-0.39, 0.29) is 29.7 Å². The molecular formula is C22H27N3O5S. The Labute approximate surface area is 185 Å². The van der Waals surface area contributed by atoms with E-state index in [9.17, 15) is 9.59 Å². The number of nitrogens with zero attached hydrogens (tertiary/aromatic N) is 1. The van der Waals surface area contributed by atoms with E-state index >= 15 is 0 Å². The molecule has 0 aliphatic carbocycles. The third-order valence-corrected chi connectivity index (χ3v) is 6.82. The minimum atomic E-state index is -0.345. The summed E-state index contributed by atoms with van der Waals surface area (Å²) in [5.41, 5.74) is 0.564. The Morgan fingerprint density at radius 1 is 1.19 bits per heavy atom. The molecule has 166 valence electrons. The van der Waals surface area contributed by atoms with Gasteiger partial charge in [-0.2, -0.15) is 11.8 Å². The van der Waals surface area contributed by atoms with E-state index in [1.54, 1.807) is 36.4 Å². The van der Waals surface area contributed by atoms with E-state index in [1.165, 1.54) is 6.26 Å². The van der Waals surface area contributed by atoms with Crippen molar-refractivity contribution in [3.8, 4) is 5.75 Å². The number of ether oxygens (including phenoxy) is 2. The Morgan fingerprint density at radius 2 is 2.06 bits per heavy atom. The monoisotopic (exact) mass is 445 g/mol. The molecule has 3 heterocycles. The fourth-order valence-electron chi connectivity index (χ4n) is 3.86. The second-order valence-corrected chi connectivity index (χ2v) is 8.76. The van der Waals surface area contributed by atoms with E-state index in [0.29, 0.717) is 18.0 Å². The van der Waals surface area contributed by atoms with Gasteiger partial charge in [0.1, 0.15) is 5.75 Å². The van der Waals surface area contributed by atoms with Crippen molar-refractivity contribution in [2.24, 2.45) is 0 Å². The van der Waals surface area contributed by atoms with Crippen molar-refractivity contribution in [1.82, 2.24) is 10.2 Å². The zero-order chi connectivity index (χ0) is 21.5. The first-order valence-electron chi connectivity index (χ1n) is 10.4. The molecule has 9 heteroatoms. The third kappa shape index (κ3) is 5.61. The summed E-state index contributed by atoms with van der Waals surface area (Å²) < 4.78 is 16.2. The summed E-state index contributed by atoms with van der Waals surface area (Å²) in [6.45, 7) is 3.84. The summed E-state index contributed by atoms with van der Waals surface area (Å²) in [6, 6.07) is 10.2. The largest absolute Gasteiger partial charge is 0.484 e. The second kappa shape index (κ2) is 10.2. The molecule has 2 amide bonds. The molecule has 0 saturated carbocycles. The van der Waals surface area contributed by atoms with Crippen LogP contribution in [0.3, 0.4) is 0 Å². The Morgan fingerprint density at radius 3 is 2.81 bits per heavy atom. The van der Waals surface area contributed by atoms with E-state index in [1.807, 2.05) is 11.8 Å². The molecule has 4 rings (SSSR count). The predicted octanol–water partition coefficient (Wildman–Crippen LogP) is 2.23. The fourth-order valence-corrected chi connectivity index (χ4v) is 5.34. The molecule has 2 aliphatic heterocycles. The van der Waals surface area contributed by atoms with Gasteiger partial charge in [0.05, 0.1) is 19.5 Å². The van der Waals surface area contributed by atoms with Gasteiger partial charge in [-0.15, -0.1) is 0 Å². The summed E-state index contributed by atoms with van der Waals surface area (Å²) in [7, 11) is 0. The van der Waals surface area contributed by atoms with Gasteiger partial charge in [0, 0.05) is 42.7 Å². The average Bonchev–Trinajstić information content (AvgIpc) is 3.50. The van der Waals surface area contributed by atoms with Crippen LogP contribution in [0.5, 0.6) is 5.75 Å². The number of nitrogens with one attached hydrogen (secondary N) is 2. The number of anilines is 1. The van der Waals surface area contributed by atoms with Crippen LogP contribution in [0.25, 0.3) is 0 Å². The highest BCUT2D eigenvalue weighted by Crippen LogP contribution is 2.33. The number of carbonyl (C=O) groups excluding carboxylic acids is 2. The van der Waals surface area contributed by atoms with E-state index in [2.05, 4.69) is 15.5 Å². The van der Waals surface area contributed by atoms with Crippen LogP contribution < -0.4 is 15.4 Å². The molecule has 1 aromatic heterocycles. The molecule has 2 saturated heterocycles. The number of rotatable bonds is 8. The van der Waals surface area contributed by atoms with Gasteiger partial charge in [-0.3, -0.25) is 14.5 Å². The van der Waals surface area contributed by atoms with Gasteiger partial charge < -0.3 is 24.5 Å². The third-order valence-electron chi connectivity index (χ3n) is 5.59. The highest BCUT2D eigenvalue weighted by molar-refractivity contribution is 7.99. The lowest BCUT2D eigenvalue weighted by Crippen LogP contribution is -2.59. The zero-order valence-corrected chi connectivity index (χ0v) is 18.1. The number of furan rings is 1. The molecule has 0 unspecified atom stereocenters. The maximum absolute atomic E-state index is 12.4. The van der Waals surface area contributed by atoms with Crippen LogP contribution in [0.4, 0.5) is 5.69 Å². The standard InChI is InChI=1S/C22H27N3O5S/c26-20(23-15-22(6-12-31-16-22)25-7-10-28-11-8-25)14-30-18-4-1-3-17(13-18)24-21(27)19-5-2-9-29-19/h1-5,9,13H,6-8,10-12,14-16H2,(H,23,26)(H,24,27)/t22-/m1/s1. The topological polar surface area (TPSA) is 93.0 Å². The maximum Gasteiger partial charge on any atom is 0.291 e. The Hall–Kier alpha value is -2.49. The van der Waals surface area contributed by atoms with Crippen molar-refractivity contribution in [1.29, 1.82) is 0 Å². The molecular weight excluding hydrogens is 418 g/mol. The van der Waals surface area contributed by atoms with E-state index in [0.717, 1.165) is 44.2 Å². The Balaban J connectivity index is 1.27. The molecule has 1 aromatic carbocycles. The number of thioether (sulfide) groups is 1. The van der Waals surface area contributed by atoms with Crippen LogP contribution in [0.2, 0.25) is 0 Å². The molecule has 8 nitrogen and oxygen atoms in total. The van der Waals surface area contributed by atoms with Crippen LogP contribution in [-0.2, 0) is 9.53 Å². The second-order valence-electron chi connectivity index (χ2n) is 7.65. The Bertz CT molecular complexity index is 877. The molecule has 2 fully saturated rings. The van der Waals surface area contributed by atoms with Gasteiger partial charge in [0.15, 0.2) is 12.4 Å². The zero-order valence-electron chi connectivity index (χ0n) is 17.3. The lowest BCUT2D eigenvalue weighted by atomic mass is 9.95. The summed E-state index contributed by atoms with van der Waals surface area (Å²) in [6.07, 6.45) is 2.51. The number of hydrogen-bond donors (Lipinski definition) is 2. The summed E-state index contributed by atoms with van der Waals surface area (Å²) in [5, 5.41) is 5.80. The molecule has 1 atom stereocenters. The highest BCUT2D eigenvalue weighted by Gasteiger charge is 2.40. The first-order chi connectivity index (χ1) is 15.1. The van der Waals surface area contributed by atoms with Gasteiger partial charge in [-0.1, -0.05) is 6.07 Å². The molecule has 2 aromatic rings. The normalized spacial score (nSPS) is 21.5. The van der Waals surface area contributed by atoms with Crippen molar-refractivity contribution < 1.29 is 23.5 Å². The van der Waals surface area contributed by atoms with Crippen molar-refractivity contribution in [2.45, 2.75) is 12.0 Å². The van der Waals surface area contributed by atoms with Gasteiger partial charge in [-0.25, -0.2) is 0 Å². The van der Waals surface area contributed by atoms with Crippen LogP contribution >= 0.6 is 11.8 Å². The minimum Gasteiger partial charge on any atom is -0.484 e. The predicted molar refractivity (Wildman–Crippen MR) is 119 cm³/mol.